The lowest BCUT2D eigenvalue weighted by atomic mass is 10.2. The van der Waals surface area contributed by atoms with E-state index < -0.39 is 0 Å². The second-order valence-corrected chi connectivity index (χ2v) is 8.37. The SMILES string of the molecule is CC(=O)c1sc(SCc2ccccc2)c(-[n+]2cc(C)cc(C)c2)c1N. The van der Waals surface area contributed by atoms with Crippen LogP contribution in [0, 0.1) is 13.8 Å². The molecule has 0 fully saturated rings. The van der Waals surface area contributed by atoms with Crippen molar-refractivity contribution in [1.82, 2.24) is 0 Å². The Labute approximate surface area is 156 Å². The molecule has 0 saturated heterocycles. The highest BCUT2D eigenvalue weighted by Gasteiger charge is 2.26. The van der Waals surface area contributed by atoms with Gasteiger partial charge in [0.05, 0.1) is 0 Å². The Bertz CT molecular complexity index is 897. The lowest BCUT2D eigenvalue weighted by molar-refractivity contribution is -0.597. The average molecular weight is 370 g/mol. The molecule has 5 heteroatoms. The van der Waals surface area contributed by atoms with Gasteiger partial charge in [-0.15, -0.1) is 23.1 Å². The first-order valence-corrected chi connectivity index (χ1v) is 9.85. The quantitative estimate of drug-likeness (QED) is 0.402. The number of thiophene rings is 1. The molecule has 0 aliphatic carbocycles. The van der Waals surface area contributed by atoms with Gasteiger partial charge in [-0.3, -0.25) is 4.79 Å². The third kappa shape index (κ3) is 3.94. The van der Waals surface area contributed by atoms with Gasteiger partial charge in [0.25, 0.3) is 5.69 Å². The minimum atomic E-state index is 0.0142. The van der Waals surface area contributed by atoms with E-state index in [1.807, 2.05) is 18.2 Å². The van der Waals surface area contributed by atoms with Gasteiger partial charge < -0.3 is 5.73 Å². The molecule has 0 unspecified atom stereocenters. The van der Waals surface area contributed by atoms with Crippen LogP contribution in [0.15, 0.2) is 53.0 Å². The summed E-state index contributed by atoms with van der Waals surface area (Å²) < 4.78 is 3.12. The number of anilines is 1. The third-order valence-corrected chi connectivity index (χ3v) is 6.45. The van der Waals surface area contributed by atoms with Crippen molar-refractivity contribution in [3.8, 4) is 5.69 Å². The second kappa shape index (κ2) is 7.42. The molecule has 0 aliphatic heterocycles. The summed E-state index contributed by atoms with van der Waals surface area (Å²) in [6.07, 6.45) is 4.11. The summed E-state index contributed by atoms with van der Waals surface area (Å²) in [6, 6.07) is 12.4. The highest BCUT2D eigenvalue weighted by Crippen LogP contribution is 2.40. The highest BCUT2D eigenvalue weighted by molar-refractivity contribution is 8.00. The van der Waals surface area contributed by atoms with E-state index in [0.29, 0.717) is 10.6 Å². The van der Waals surface area contributed by atoms with Crippen molar-refractivity contribution in [2.24, 2.45) is 0 Å². The molecule has 0 amide bonds. The Morgan fingerprint density at radius 1 is 1.16 bits per heavy atom. The number of hydrogen-bond donors (Lipinski definition) is 1. The molecule has 3 nitrogen and oxygen atoms in total. The molecule has 25 heavy (non-hydrogen) atoms. The summed E-state index contributed by atoms with van der Waals surface area (Å²) in [7, 11) is 0. The number of benzene rings is 1. The number of carbonyl (C=O) groups is 1. The molecule has 128 valence electrons. The van der Waals surface area contributed by atoms with Gasteiger partial charge in [-0.05, 0) is 25.5 Å². The lowest BCUT2D eigenvalue weighted by Crippen LogP contribution is -2.32. The minimum absolute atomic E-state index is 0.0142. The smallest absolute Gasteiger partial charge is 0.259 e. The van der Waals surface area contributed by atoms with Gasteiger partial charge in [0.15, 0.2) is 18.2 Å². The number of carbonyl (C=O) groups excluding carboxylic acids is 1. The fourth-order valence-electron chi connectivity index (χ4n) is 2.78. The molecule has 3 aromatic rings. The van der Waals surface area contributed by atoms with Crippen molar-refractivity contribution in [3.63, 3.8) is 0 Å². The third-order valence-electron chi connectivity index (χ3n) is 3.82. The van der Waals surface area contributed by atoms with E-state index in [1.165, 1.54) is 16.9 Å². The second-order valence-electron chi connectivity index (χ2n) is 6.11. The van der Waals surface area contributed by atoms with Gasteiger partial charge in [-0.1, -0.05) is 30.3 Å². The van der Waals surface area contributed by atoms with Crippen molar-refractivity contribution in [1.29, 1.82) is 0 Å². The van der Waals surface area contributed by atoms with Gasteiger partial charge in [-0.2, -0.15) is 4.57 Å². The fraction of sp³-hybridized carbons (Fsp3) is 0.200. The fourth-order valence-corrected chi connectivity index (χ4v) is 5.13. The Hall–Kier alpha value is -2.11. The van der Waals surface area contributed by atoms with Gasteiger partial charge in [0.2, 0.25) is 0 Å². The van der Waals surface area contributed by atoms with E-state index in [9.17, 15) is 4.79 Å². The van der Waals surface area contributed by atoms with Crippen molar-refractivity contribution in [2.75, 3.05) is 5.73 Å². The topological polar surface area (TPSA) is 47.0 Å². The number of aromatic nitrogens is 1. The van der Waals surface area contributed by atoms with Gasteiger partial charge in [0, 0.05) is 23.8 Å². The normalized spacial score (nSPS) is 10.8. The Morgan fingerprint density at radius 2 is 1.80 bits per heavy atom. The van der Waals surface area contributed by atoms with E-state index in [0.717, 1.165) is 26.8 Å². The van der Waals surface area contributed by atoms with Crippen LogP contribution in [0.3, 0.4) is 0 Å². The summed E-state index contributed by atoms with van der Waals surface area (Å²) in [5.74, 6) is 0.858. The first-order chi connectivity index (χ1) is 12.0. The van der Waals surface area contributed by atoms with E-state index >= 15 is 0 Å². The molecule has 2 N–H and O–H groups in total. The summed E-state index contributed by atoms with van der Waals surface area (Å²) >= 11 is 3.21. The van der Waals surface area contributed by atoms with E-state index in [1.54, 1.807) is 18.7 Å². The zero-order valence-corrected chi connectivity index (χ0v) is 16.2. The van der Waals surface area contributed by atoms with Crippen LogP contribution in [-0.2, 0) is 5.75 Å². The summed E-state index contributed by atoms with van der Waals surface area (Å²) in [5.41, 5.74) is 11.4. The molecule has 0 radical (unpaired) electrons. The van der Waals surface area contributed by atoms with Crippen LogP contribution in [0.1, 0.15) is 33.3 Å². The number of hydrogen-bond acceptors (Lipinski definition) is 4. The van der Waals surface area contributed by atoms with Crippen LogP contribution in [0.5, 0.6) is 0 Å². The Balaban J connectivity index is 2.04. The predicted molar refractivity (Wildman–Crippen MR) is 106 cm³/mol. The Morgan fingerprint density at radius 3 is 2.40 bits per heavy atom. The first kappa shape index (κ1) is 17.7. The molecule has 2 aromatic heterocycles. The van der Waals surface area contributed by atoms with Gasteiger partial charge >= 0.3 is 0 Å². The minimum Gasteiger partial charge on any atom is -0.392 e. The van der Waals surface area contributed by atoms with E-state index in [-0.39, 0.29) is 5.78 Å². The molecule has 3 rings (SSSR count). The highest BCUT2D eigenvalue weighted by atomic mass is 32.2. The maximum atomic E-state index is 12.0. The zero-order chi connectivity index (χ0) is 18.0. The van der Waals surface area contributed by atoms with Gasteiger partial charge in [0.1, 0.15) is 14.8 Å². The number of Topliss-reactive ketones (excluding diaryl/α,β-unsaturated/α-hetero) is 1. The number of rotatable bonds is 5. The standard InChI is InChI=1S/C20H20N2OS2/c1-13-9-14(2)11-22(10-13)18-17(21)19(15(3)23)25-20(18)24-12-16-7-5-4-6-8-16/h4-11H,12H2,1-3H3,(H-,21,23)/p+1. The molecule has 2 heterocycles. The first-order valence-electron chi connectivity index (χ1n) is 8.05. The van der Waals surface area contributed by atoms with Crippen LogP contribution in [-0.4, -0.2) is 5.78 Å². The van der Waals surface area contributed by atoms with Crippen molar-refractivity contribution >= 4 is 34.6 Å². The molecule has 0 bridgehead atoms. The van der Waals surface area contributed by atoms with Crippen molar-refractivity contribution in [3.05, 3.63) is 70.4 Å². The van der Waals surface area contributed by atoms with Crippen LogP contribution in [0.25, 0.3) is 5.69 Å². The summed E-state index contributed by atoms with van der Waals surface area (Å²) in [4.78, 5) is 12.6. The number of aryl methyl sites for hydroxylation is 2. The molecule has 0 atom stereocenters. The van der Waals surface area contributed by atoms with Crippen molar-refractivity contribution in [2.45, 2.75) is 30.7 Å². The lowest BCUT2D eigenvalue weighted by Gasteiger charge is -2.03. The number of nitrogens with zero attached hydrogens (tertiary/aromatic N) is 1. The summed E-state index contributed by atoms with van der Waals surface area (Å²) in [5, 5.41) is 0. The number of ketones is 1. The maximum Gasteiger partial charge on any atom is 0.259 e. The van der Waals surface area contributed by atoms with E-state index in [2.05, 4.69) is 49.0 Å². The zero-order valence-electron chi connectivity index (χ0n) is 14.6. The predicted octanol–water partition coefficient (Wildman–Crippen LogP) is 4.72. The maximum absolute atomic E-state index is 12.0. The number of nitrogen functional groups attached to an aromatic ring is 1. The van der Waals surface area contributed by atoms with E-state index in [4.69, 9.17) is 5.73 Å². The summed E-state index contributed by atoms with van der Waals surface area (Å²) in [6.45, 7) is 5.70. The van der Waals surface area contributed by atoms with Crippen LogP contribution in [0.4, 0.5) is 5.69 Å². The van der Waals surface area contributed by atoms with Crippen LogP contribution < -0.4 is 10.3 Å². The average Bonchev–Trinajstić information content (AvgIpc) is 2.90. The van der Waals surface area contributed by atoms with Crippen molar-refractivity contribution < 1.29 is 9.36 Å². The molecular weight excluding hydrogens is 348 g/mol. The molecule has 0 saturated carbocycles. The largest absolute Gasteiger partial charge is 0.392 e. The number of thioether (sulfide) groups is 1. The monoisotopic (exact) mass is 369 g/mol. The molecule has 1 aromatic carbocycles. The van der Waals surface area contributed by atoms with Crippen LogP contribution in [0.2, 0.25) is 0 Å². The van der Waals surface area contributed by atoms with Crippen LogP contribution >= 0.6 is 23.1 Å². The number of pyridine rings is 1. The molecule has 0 aliphatic rings. The molecular formula is C20H21N2OS2+. The van der Waals surface area contributed by atoms with Gasteiger partial charge in [-0.25, -0.2) is 0 Å². The number of nitrogens with two attached hydrogens (primary N) is 1. The molecule has 0 spiro atoms. The Kier molecular flexibility index (Phi) is 5.25.